The highest BCUT2D eigenvalue weighted by molar-refractivity contribution is 9.10. The fraction of sp³-hybridized carbons (Fsp3) is 0.533. The van der Waals surface area contributed by atoms with Gasteiger partial charge in [-0.25, -0.2) is 4.68 Å². The molecule has 0 bridgehead atoms. The van der Waals surface area contributed by atoms with Gasteiger partial charge in [-0.15, -0.1) is 0 Å². The molecule has 6 heteroatoms. The highest BCUT2D eigenvalue weighted by Gasteiger charge is 2.13. The summed E-state index contributed by atoms with van der Waals surface area (Å²) >= 11 is 3.49. The molecule has 4 nitrogen and oxygen atoms in total. The van der Waals surface area contributed by atoms with Gasteiger partial charge in [0, 0.05) is 24.5 Å². The van der Waals surface area contributed by atoms with Crippen LogP contribution in [0.1, 0.15) is 18.6 Å². The summed E-state index contributed by atoms with van der Waals surface area (Å²) in [6, 6.07) is 5.11. The normalized spacial score (nSPS) is 13.8. The van der Waals surface area contributed by atoms with Crippen LogP contribution >= 0.6 is 15.9 Å². The molecule has 1 atom stereocenters. The van der Waals surface area contributed by atoms with Crippen molar-refractivity contribution >= 4 is 34.9 Å². The second-order valence-electron chi connectivity index (χ2n) is 6.60. The van der Waals surface area contributed by atoms with Gasteiger partial charge in [-0.3, -0.25) is 0 Å². The molecule has 0 aliphatic heterocycles. The topological polar surface area (TPSA) is 47.3 Å². The van der Waals surface area contributed by atoms with Crippen molar-refractivity contribution in [1.29, 1.82) is 0 Å². The molecule has 0 aliphatic rings. The van der Waals surface area contributed by atoms with Crippen molar-refractivity contribution < 1.29 is 9.84 Å². The Morgan fingerprint density at radius 3 is 2.71 bits per heavy atom. The van der Waals surface area contributed by atoms with Crippen molar-refractivity contribution in [2.45, 2.75) is 45.4 Å². The van der Waals surface area contributed by atoms with Crippen molar-refractivity contribution in [2.24, 2.45) is 0 Å². The van der Waals surface area contributed by atoms with Crippen LogP contribution in [0.3, 0.4) is 0 Å². The van der Waals surface area contributed by atoms with Gasteiger partial charge < -0.3 is 9.84 Å². The lowest BCUT2D eigenvalue weighted by molar-refractivity contribution is 0.0816. The number of aromatic nitrogens is 2. The van der Waals surface area contributed by atoms with E-state index in [1.807, 2.05) is 23.0 Å². The summed E-state index contributed by atoms with van der Waals surface area (Å²) in [6.07, 6.45) is 1.31. The third-order valence-corrected chi connectivity index (χ3v) is 5.81. The molecule has 1 heterocycles. The largest absolute Gasteiger partial charge is 0.389 e. The van der Waals surface area contributed by atoms with Crippen molar-refractivity contribution in [3.05, 3.63) is 28.4 Å². The first-order valence-electron chi connectivity index (χ1n) is 7.19. The van der Waals surface area contributed by atoms with Crippen LogP contribution in [-0.4, -0.2) is 29.6 Å². The first-order valence-corrected chi connectivity index (χ1v) is 11.7. The van der Waals surface area contributed by atoms with Crippen molar-refractivity contribution in [1.82, 2.24) is 9.78 Å². The van der Waals surface area contributed by atoms with Crippen molar-refractivity contribution in [3.8, 4) is 0 Å². The van der Waals surface area contributed by atoms with Crippen LogP contribution < -0.4 is 0 Å². The molecule has 1 unspecified atom stereocenters. The molecule has 1 aromatic carbocycles. The number of aliphatic hydroxyl groups is 1. The Kier molecular flexibility index (Phi) is 5.24. The van der Waals surface area contributed by atoms with E-state index in [0.717, 1.165) is 33.6 Å². The van der Waals surface area contributed by atoms with Gasteiger partial charge in [0.2, 0.25) is 0 Å². The maximum Gasteiger partial charge on any atom is 0.139 e. The van der Waals surface area contributed by atoms with E-state index < -0.39 is 14.2 Å². The molecule has 0 amide bonds. The van der Waals surface area contributed by atoms with Crippen LogP contribution in [0, 0.1) is 0 Å². The van der Waals surface area contributed by atoms with Crippen LogP contribution in [0.4, 0.5) is 0 Å². The molecule has 0 fully saturated rings. The SMILES string of the molecule is CC(O)c1cc2c(cnn2COCC[Si](C)(C)C)cc1Br. The molecule has 2 rings (SSSR count). The Morgan fingerprint density at radius 2 is 2.10 bits per heavy atom. The highest BCUT2D eigenvalue weighted by Crippen LogP contribution is 2.28. The fourth-order valence-electron chi connectivity index (χ4n) is 2.07. The fourth-order valence-corrected chi connectivity index (χ4v) is 3.52. The van der Waals surface area contributed by atoms with E-state index in [1.165, 1.54) is 0 Å². The van der Waals surface area contributed by atoms with E-state index in [4.69, 9.17) is 4.74 Å². The van der Waals surface area contributed by atoms with Gasteiger partial charge in [-0.2, -0.15) is 5.10 Å². The first-order chi connectivity index (χ1) is 9.78. The zero-order valence-corrected chi connectivity index (χ0v) is 15.6. The van der Waals surface area contributed by atoms with Crippen molar-refractivity contribution in [2.75, 3.05) is 6.61 Å². The summed E-state index contributed by atoms with van der Waals surface area (Å²) < 4.78 is 8.51. The van der Waals surface area contributed by atoms with Gasteiger partial charge in [0.1, 0.15) is 6.73 Å². The Balaban J connectivity index is 2.12. The molecule has 0 saturated heterocycles. The molecule has 0 saturated carbocycles. The van der Waals surface area contributed by atoms with E-state index in [0.29, 0.717) is 6.73 Å². The number of halogens is 1. The maximum absolute atomic E-state index is 9.81. The molecule has 1 N–H and O–H groups in total. The average Bonchev–Trinajstić information content (AvgIpc) is 2.74. The Labute approximate surface area is 135 Å². The molecule has 0 spiro atoms. The molecular formula is C15H23BrN2O2Si. The van der Waals surface area contributed by atoms with E-state index in [2.05, 4.69) is 40.7 Å². The van der Waals surface area contributed by atoms with Crippen LogP contribution in [-0.2, 0) is 11.5 Å². The van der Waals surface area contributed by atoms with E-state index in [1.54, 1.807) is 6.92 Å². The van der Waals surface area contributed by atoms with Gasteiger partial charge in [-0.1, -0.05) is 35.6 Å². The highest BCUT2D eigenvalue weighted by atomic mass is 79.9. The predicted octanol–water partition coefficient (Wildman–Crippen LogP) is 4.16. The predicted molar refractivity (Wildman–Crippen MR) is 92.2 cm³/mol. The Bertz CT molecular complexity index is 620. The molecule has 0 radical (unpaired) electrons. The number of nitrogens with zero attached hydrogens (tertiary/aromatic N) is 2. The van der Waals surface area contributed by atoms with Crippen LogP contribution in [0.25, 0.3) is 10.9 Å². The molecule has 0 aliphatic carbocycles. The Morgan fingerprint density at radius 1 is 1.38 bits per heavy atom. The number of aliphatic hydroxyl groups excluding tert-OH is 1. The summed E-state index contributed by atoms with van der Waals surface area (Å²) in [6.45, 7) is 10.0. The second kappa shape index (κ2) is 6.60. The lowest BCUT2D eigenvalue weighted by atomic mass is 10.1. The second-order valence-corrected chi connectivity index (χ2v) is 13.1. The minimum absolute atomic E-state index is 0.453. The first kappa shape index (κ1) is 16.7. The summed E-state index contributed by atoms with van der Waals surface area (Å²) in [4.78, 5) is 0. The summed E-state index contributed by atoms with van der Waals surface area (Å²) in [5.41, 5.74) is 1.86. The summed E-state index contributed by atoms with van der Waals surface area (Å²) in [5.74, 6) is 0. The molecule has 21 heavy (non-hydrogen) atoms. The molecule has 116 valence electrons. The third kappa shape index (κ3) is 4.39. The van der Waals surface area contributed by atoms with Gasteiger partial charge in [0.25, 0.3) is 0 Å². The number of rotatable bonds is 6. The average molecular weight is 371 g/mol. The molecule has 2 aromatic rings. The monoisotopic (exact) mass is 370 g/mol. The van der Waals surface area contributed by atoms with Gasteiger partial charge in [-0.05, 0) is 30.7 Å². The van der Waals surface area contributed by atoms with E-state index in [9.17, 15) is 5.11 Å². The number of benzene rings is 1. The lowest BCUT2D eigenvalue weighted by Gasteiger charge is -2.15. The number of hydrogen-bond donors (Lipinski definition) is 1. The lowest BCUT2D eigenvalue weighted by Crippen LogP contribution is -2.22. The van der Waals surface area contributed by atoms with Crippen LogP contribution in [0.2, 0.25) is 25.7 Å². The summed E-state index contributed by atoms with van der Waals surface area (Å²) in [5, 5.41) is 15.2. The van der Waals surface area contributed by atoms with Gasteiger partial charge >= 0.3 is 0 Å². The standard InChI is InChI=1S/C15H23BrN2O2Si/c1-11(19)13-8-15-12(7-14(13)16)9-17-18(15)10-20-5-6-21(2,3)4/h7-9,11,19H,5-6,10H2,1-4H3. The number of hydrogen-bond acceptors (Lipinski definition) is 3. The quantitative estimate of drug-likeness (QED) is 0.613. The zero-order chi connectivity index (χ0) is 15.6. The van der Waals surface area contributed by atoms with Crippen LogP contribution in [0.15, 0.2) is 22.8 Å². The van der Waals surface area contributed by atoms with Gasteiger partial charge in [0.05, 0.1) is 17.8 Å². The maximum atomic E-state index is 9.81. The Hall–Kier alpha value is -0.693. The van der Waals surface area contributed by atoms with Crippen molar-refractivity contribution in [3.63, 3.8) is 0 Å². The third-order valence-electron chi connectivity index (χ3n) is 3.42. The molecule has 1 aromatic heterocycles. The number of fused-ring (bicyclic) bond motifs is 1. The van der Waals surface area contributed by atoms with E-state index in [-0.39, 0.29) is 0 Å². The smallest absolute Gasteiger partial charge is 0.139 e. The number of ether oxygens (including phenoxy) is 1. The van der Waals surface area contributed by atoms with Crippen LogP contribution in [0.5, 0.6) is 0 Å². The van der Waals surface area contributed by atoms with E-state index >= 15 is 0 Å². The zero-order valence-electron chi connectivity index (χ0n) is 13.1. The minimum atomic E-state index is -1.06. The minimum Gasteiger partial charge on any atom is -0.389 e. The summed E-state index contributed by atoms with van der Waals surface area (Å²) in [7, 11) is -1.06. The van der Waals surface area contributed by atoms with Gasteiger partial charge in [0.15, 0.2) is 0 Å². The molecular weight excluding hydrogens is 348 g/mol.